The lowest BCUT2D eigenvalue weighted by molar-refractivity contribution is -0.136. The number of hydrogen-bond donors (Lipinski definition) is 1. The molecule has 34 heavy (non-hydrogen) atoms. The summed E-state index contributed by atoms with van der Waals surface area (Å²) in [6.07, 6.45) is 3.92. The fraction of sp³-hybridized carbons (Fsp3) is 0.364. The summed E-state index contributed by atoms with van der Waals surface area (Å²) in [5.41, 5.74) is 1.46. The topological polar surface area (TPSA) is 77.6 Å². The van der Waals surface area contributed by atoms with Crippen LogP contribution in [0.15, 0.2) is 34.6 Å². The smallest absolute Gasteiger partial charge is 0.328 e. The van der Waals surface area contributed by atoms with E-state index in [1.54, 1.807) is 24.8 Å². The summed E-state index contributed by atoms with van der Waals surface area (Å²) in [7, 11) is 0. The van der Waals surface area contributed by atoms with Crippen LogP contribution in [0.1, 0.15) is 47.8 Å². The Morgan fingerprint density at radius 2 is 2.09 bits per heavy atom. The molecule has 1 N–H and O–H groups in total. The number of carbonyl (C=O) groups is 1. The van der Waals surface area contributed by atoms with Crippen molar-refractivity contribution in [2.24, 2.45) is 0 Å². The van der Waals surface area contributed by atoms with E-state index < -0.39 is 23.7 Å². The van der Waals surface area contributed by atoms with Crippen LogP contribution < -0.4 is 5.32 Å². The van der Waals surface area contributed by atoms with Crippen molar-refractivity contribution >= 4 is 49.2 Å². The van der Waals surface area contributed by atoms with E-state index in [1.807, 2.05) is 0 Å². The van der Waals surface area contributed by atoms with E-state index in [4.69, 9.17) is 0 Å². The van der Waals surface area contributed by atoms with Gasteiger partial charge in [-0.25, -0.2) is 9.97 Å². The fourth-order valence-corrected chi connectivity index (χ4v) is 5.82. The van der Waals surface area contributed by atoms with Crippen LogP contribution in [0.25, 0.3) is 10.9 Å². The van der Waals surface area contributed by atoms with Gasteiger partial charge in [0.25, 0.3) is 5.91 Å². The second-order valence-corrected chi connectivity index (χ2v) is 10.5. The van der Waals surface area contributed by atoms with Crippen LogP contribution >= 0.6 is 27.3 Å². The number of benzene rings is 1. The molecular formula is C22H18BrF3N6OS. The van der Waals surface area contributed by atoms with Crippen molar-refractivity contribution in [3.8, 4) is 0 Å². The predicted molar refractivity (Wildman–Crippen MR) is 124 cm³/mol. The number of nitrogens with zero attached hydrogens (tertiary/aromatic N) is 5. The van der Waals surface area contributed by atoms with Gasteiger partial charge in [0.15, 0.2) is 11.2 Å². The predicted octanol–water partition coefficient (Wildman–Crippen LogP) is 5.44. The van der Waals surface area contributed by atoms with Gasteiger partial charge < -0.3 is 4.57 Å². The zero-order chi connectivity index (χ0) is 23.8. The first kappa shape index (κ1) is 21.8. The molecule has 1 aromatic carbocycles. The van der Waals surface area contributed by atoms with Gasteiger partial charge in [-0.15, -0.1) is 11.3 Å². The molecule has 1 spiro atoms. The number of imidazole rings is 1. The summed E-state index contributed by atoms with van der Waals surface area (Å²) in [6.45, 7) is 1.69. The highest BCUT2D eigenvalue weighted by atomic mass is 79.9. The van der Waals surface area contributed by atoms with Gasteiger partial charge in [0, 0.05) is 38.9 Å². The highest BCUT2D eigenvalue weighted by Crippen LogP contribution is 2.53. The first-order chi connectivity index (χ1) is 16.2. The van der Waals surface area contributed by atoms with E-state index >= 15 is 0 Å². The largest absolute Gasteiger partial charge is 0.417 e. The molecule has 1 amide bonds. The Labute approximate surface area is 204 Å². The maximum atomic E-state index is 13.8. The molecule has 6 rings (SSSR count). The molecule has 7 nitrogen and oxygen atoms in total. The Morgan fingerprint density at radius 3 is 2.76 bits per heavy atom. The fourth-order valence-electron chi connectivity index (χ4n) is 4.87. The number of halogens is 4. The Morgan fingerprint density at radius 1 is 1.29 bits per heavy atom. The Hall–Kier alpha value is -2.73. The maximum Gasteiger partial charge on any atom is 0.417 e. The first-order valence-electron chi connectivity index (χ1n) is 10.7. The van der Waals surface area contributed by atoms with E-state index in [0.29, 0.717) is 20.9 Å². The lowest BCUT2D eigenvalue weighted by Crippen LogP contribution is -2.28. The Balaban J connectivity index is 1.53. The van der Waals surface area contributed by atoms with Crippen LogP contribution in [-0.4, -0.2) is 30.2 Å². The second kappa shape index (κ2) is 7.38. The number of anilines is 1. The van der Waals surface area contributed by atoms with Crippen molar-refractivity contribution in [2.75, 3.05) is 5.32 Å². The maximum absolute atomic E-state index is 13.8. The van der Waals surface area contributed by atoms with Crippen molar-refractivity contribution in [3.63, 3.8) is 0 Å². The minimum Gasteiger partial charge on any atom is -0.328 e. The summed E-state index contributed by atoms with van der Waals surface area (Å²) >= 11 is 4.48. The summed E-state index contributed by atoms with van der Waals surface area (Å²) < 4.78 is 45.3. The minimum absolute atomic E-state index is 0.0604. The summed E-state index contributed by atoms with van der Waals surface area (Å²) in [5.74, 6) is -0.453. The van der Waals surface area contributed by atoms with Crippen LogP contribution in [0.4, 0.5) is 18.3 Å². The van der Waals surface area contributed by atoms with Gasteiger partial charge in [0.1, 0.15) is 0 Å². The Kier molecular flexibility index (Phi) is 4.73. The Bertz CT molecular complexity index is 1440. The van der Waals surface area contributed by atoms with Crippen molar-refractivity contribution in [1.82, 2.24) is 24.3 Å². The monoisotopic (exact) mass is 550 g/mol. The van der Waals surface area contributed by atoms with Gasteiger partial charge in [-0.05, 0) is 44.2 Å². The highest BCUT2D eigenvalue weighted by Gasteiger charge is 2.50. The number of fused-ring (bicyclic) bond motifs is 3. The molecule has 1 aliphatic heterocycles. The van der Waals surface area contributed by atoms with Crippen molar-refractivity contribution in [3.05, 3.63) is 57.2 Å². The number of carbonyl (C=O) groups excluding carboxylic acids is 1. The third-order valence-electron chi connectivity index (χ3n) is 6.81. The highest BCUT2D eigenvalue weighted by molar-refractivity contribution is 9.10. The molecule has 1 saturated carbocycles. The van der Waals surface area contributed by atoms with Crippen LogP contribution in [0, 0.1) is 6.92 Å². The SMILES string of the molecule is Cc1c(Br)cc(C(F)(F)F)c2cn(C(C(=O)Nc3nccs3)c3ncn4c3CCC43CC3)nc12. The van der Waals surface area contributed by atoms with Crippen molar-refractivity contribution < 1.29 is 18.0 Å². The molecule has 1 fully saturated rings. The zero-order valence-electron chi connectivity index (χ0n) is 17.9. The molecule has 1 atom stereocenters. The van der Waals surface area contributed by atoms with Gasteiger partial charge in [-0.3, -0.25) is 14.8 Å². The van der Waals surface area contributed by atoms with Crippen LogP contribution in [-0.2, 0) is 22.9 Å². The van der Waals surface area contributed by atoms with Gasteiger partial charge in [-0.1, -0.05) is 15.9 Å². The summed E-state index contributed by atoms with van der Waals surface area (Å²) in [5, 5.41) is 9.34. The van der Waals surface area contributed by atoms with Gasteiger partial charge in [-0.2, -0.15) is 18.3 Å². The molecule has 1 unspecified atom stereocenters. The van der Waals surface area contributed by atoms with Crippen molar-refractivity contribution in [1.29, 1.82) is 0 Å². The van der Waals surface area contributed by atoms with Crippen LogP contribution in [0.5, 0.6) is 0 Å². The lowest BCUT2D eigenvalue weighted by atomic mass is 10.1. The molecular weight excluding hydrogens is 533 g/mol. The number of thiazole rings is 1. The molecule has 0 saturated heterocycles. The van der Waals surface area contributed by atoms with E-state index in [-0.39, 0.29) is 16.4 Å². The molecule has 3 aromatic heterocycles. The molecule has 0 radical (unpaired) electrons. The number of nitrogens with one attached hydrogen (secondary N) is 1. The molecule has 1 aliphatic carbocycles. The molecule has 2 aliphatic rings. The third-order valence-corrected chi connectivity index (χ3v) is 8.32. The summed E-state index contributed by atoms with van der Waals surface area (Å²) in [6, 6.07) is 0.0141. The molecule has 4 aromatic rings. The first-order valence-corrected chi connectivity index (χ1v) is 12.4. The average molecular weight is 551 g/mol. The number of alkyl halides is 3. The number of aryl methyl sites for hydroxylation is 1. The van der Waals surface area contributed by atoms with Crippen LogP contribution in [0.2, 0.25) is 0 Å². The van der Waals surface area contributed by atoms with Gasteiger partial charge >= 0.3 is 6.18 Å². The quantitative estimate of drug-likeness (QED) is 0.367. The number of aromatic nitrogens is 5. The van der Waals surface area contributed by atoms with E-state index in [2.05, 4.69) is 40.9 Å². The number of hydrogen-bond acceptors (Lipinski definition) is 5. The van der Waals surface area contributed by atoms with Gasteiger partial charge in [0.2, 0.25) is 0 Å². The third kappa shape index (κ3) is 3.29. The van der Waals surface area contributed by atoms with E-state index in [0.717, 1.165) is 37.4 Å². The van der Waals surface area contributed by atoms with E-state index in [1.165, 1.54) is 22.2 Å². The lowest BCUT2D eigenvalue weighted by Gasteiger charge is -2.16. The van der Waals surface area contributed by atoms with E-state index in [9.17, 15) is 18.0 Å². The zero-order valence-corrected chi connectivity index (χ0v) is 20.3. The summed E-state index contributed by atoms with van der Waals surface area (Å²) in [4.78, 5) is 22.2. The minimum atomic E-state index is -4.57. The second-order valence-electron chi connectivity index (χ2n) is 8.80. The average Bonchev–Trinajstić information content (AvgIpc) is 3.20. The van der Waals surface area contributed by atoms with Crippen molar-refractivity contribution in [2.45, 2.75) is 50.4 Å². The molecule has 4 heterocycles. The number of rotatable bonds is 4. The molecule has 12 heteroatoms. The normalized spacial score (nSPS) is 17.3. The van der Waals surface area contributed by atoms with Gasteiger partial charge in [0.05, 0.1) is 23.1 Å². The van der Waals surface area contributed by atoms with Crippen LogP contribution in [0.3, 0.4) is 0 Å². The molecule has 0 bridgehead atoms. The molecule has 176 valence electrons. The number of amides is 1. The standard InChI is InChI=1S/C22H18BrF3N6OS/c1-11-14(23)8-13(22(24,25)26)12-9-32(30-16(11)12)18(19(33)29-20-27-6-7-34-20)17-15-2-3-21(4-5-21)31(15)10-28-17/h6-10,18H,2-5H2,1H3,(H,27,29,33).